The highest BCUT2D eigenvalue weighted by Gasteiger charge is 2.23. The number of rotatable bonds is 3. The summed E-state index contributed by atoms with van der Waals surface area (Å²) in [4.78, 5) is 0. The van der Waals surface area contributed by atoms with Crippen LogP contribution in [0.15, 0.2) is 0 Å². The Morgan fingerprint density at radius 3 is 2.82 bits per heavy atom. The first-order chi connectivity index (χ1) is 8.11. The van der Waals surface area contributed by atoms with Gasteiger partial charge in [-0.1, -0.05) is 24.9 Å². The van der Waals surface area contributed by atoms with Gasteiger partial charge < -0.3 is 5.11 Å². The topological polar surface area (TPSA) is 38.0 Å². The summed E-state index contributed by atoms with van der Waals surface area (Å²) in [6, 6.07) is 0. The van der Waals surface area contributed by atoms with Crippen molar-refractivity contribution in [3.8, 4) is 0 Å². The fourth-order valence-electron chi connectivity index (χ4n) is 2.76. The maximum Gasteiger partial charge on any atom is 0.0849 e. The maximum absolute atomic E-state index is 9.69. The van der Waals surface area contributed by atoms with E-state index in [1.807, 2.05) is 11.7 Å². The van der Waals surface area contributed by atoms with Crippen molar-refractivity contribution in [1.82, 2.24) is 9.78 Å². The summed E-state index contributed by atoms with van der Waals surface area (Å²) in [5.41, 5.74) is 2.11. The predicted molar refractivity (Wildman–Crippen MR) is 69.3 cm³/mol. The van der Waals surface area contributed by atoms with E-state index in [0.717, 1.165) is 48.5 Å². The molecule has 4 heteroatoms. The first kappa shape index (κ1) is 12.9. The molecule has 0 saturated heterocycles. The molecule has 1 N–H and O–H groups in total. The number of halogens is 1. The van der Waals surface area contributed by atoms with Gasteiger partial charge in [0.1, 0.15) is 0 Å². The predicted octanol–water partition coefficient (Wildman–Crippen LogP) is 2.73. The van der Waals surface area contributed by atoms with Gasteiger partial charge in [-0.2, -0.15) is 5.10 Å². The van der Waals surface area contributed by atoms with Crippen molar-refractivity contribution >= 4 is 11.6 Å². The van der Waals surface area contributed by atoms with E-state index in [9.17, 15) is 5.11 Å². The Morgan fingerprint density at radius 2 is 2.24 bits per heavy atom. The monoisotopic (exact) mass is 256 g/mol. The zero-order chi connectivity index (χ0) is 12.4. The van der Waals surface area contributed by atoms with Crippen LogP contribution in [-0.4, -0.2) is 21.0 Å². The van der Waals surface area contributed by atoms with Crippen LogP contribution in [0.1, 0.15) is 44.0 Å². The van der Waals surface area contributed by atoms with Crippen LogP contribution < -0.4 is 0 Å². The highest BCUT2D eigenvalue weighted by molar-refractivity contribution is 6.31. The summed E-state index contributed by atoms with van der Waals surface area (Å²) < 4.78 is 1.90. The minimum Gasteiger partial charge on any atom is -0.393 e. The maximum atomic E-state index is 9.69. The summed E-state index contributed by atoms with van der Waals surface area (Å²) in [5.74, 6) is 0.552. The van der Waals surface area contributed by atoms with E-state index in [2.05, 4.69) is 12.0 Å². The molecule has 3 nitrogen and oxygen atoms in total. The van der Waals surface area contributed by atoms with Crippen molar-refractivity contribution in [3.63, 3.8) is 0 Å². The van der Waals surface area contributed by atoms with Crippen molar-refractivity contribution < 1.29 is 5.11 Å². The number of hydrogen-bond donors (Lipinski definition) is 1. The molecule has 0 spiro atoms. The third kappa shape index (κ3) is 2.83. The average Bonchev–Trinajstić information content (AvgIpc) is 2.56. The molecule has 2 unspecified atom stereocenters. The van der Waals surface area contributed by atoms with Gasteiger partial charge in [-0.25, -0.2) is 0 Å². The van der Waals surface area contributed by atoms with Gasteiger partial charge in [-0.15, -0.1) is 0 Å². The summed E-state index contributed by atoms with van der Waals surface area (Å²) in [6.07, 6.45) is 5.88. The minimum absolute atomic E-state index is 0.119. The van der Waals surface area contributed by atoms with Crippen LogP contribution in [0.3, 0.4) is 0 Å². The largest absolute Gasteiger partial charge is 0.393 e. The lowest BCUT2D eigenvalue weighted by atomic mass is 9.84. The van der Waals surface area contributed by atoms with Crippen molar-refractivity contribution in [3.05, 3.63) is 16.4 Å². The lowest BCUT2D eigenvalue weighted by molar-refractivity contribution is 0.100. The number of aryl methyl sites for hydroxylation is 2. The molecule has 1 aromatic heterocycles. The first-order valence-electron chi connectivity index (χ1n) is 6.50. The molecule has 0 bridgehead atoms. The molecule has 0 aliphatic heterocycles. The van der Waals surface area contributed by atoms with Gasteiger partial charge in [0.2, 0.25) is 0 Å². The Hall–Kier alpha value is -0.540. The molecule has 1 aromatic rings. The molecule has 17 heavy (non-hydrogen) atoms. The Labute approximate surface area is 108 Å². The molecule has 96 valence electrons. The van der Waals surface area contributed by atoms with E-state index >= 15 is 0 Å². The van der Waals surface area contributed by atoms with Crippen LogP contribution in [0.25, 0.3) is 0 Å². The highest BCUT2D eigenvalue weighted by atomic mass is 35.5. The second kappa shape index (κ2) is 5.40. The van der Waals surface area contributed by atoms with Crippen LogP contribution in [0, 0.1) is 5.92 Å². The lowest BCUT2D eigenvalue weighted by Gasteiger charge is -2.25. The van der Waals surface area contributed by atoms with E-state index in [0.29, 0.717) is 5.92 Å². The Morgan fingerprint density at radius 1 is 1.47 bits per heavy atom. The standard InChI is InChI=1S/C13H21ClN2O/c1-3-11-13(14)12(16(2)15-11)8-9-5-4-6-10(17)7-9/h9-10,17H,3-8H2,1-2H3. The molecule has 2 rings (SSSR count). The van der Waals surface area contributed by atoms with Crippen LogP contribution in [0.5, 0.6) is 0 Å². The Balaban J connectivity index is 2.10. The number of nitrogens with zero attached hydrogens (tertiary/aromatic N) is 2. The number of aliphatic hydroxyl groups excluding tert-OH is 1. The van der Waals surface area contributed by atoms with E-state index < -0.39 is 0 Å². The zero-order valence-corrected chi connectivity index (χ0v) is 11.4. The molecular formula is C13H21ClN2O. The van der Waals surface area contributed by atoms with Gasteiger partial charge in [-0.3, -0.25) is 4.68 Å². The third-order valence-corrected chi connectivity index (χ3v) is 4.18. The smallest absolute Gasteiger partial charge is 0.0849 e. The SMILES string of the molecule is CCc1nn(C)c(CC2CCCC(O)C2)c1Cl. The van der Waals surface area contributed by atoms with Gasteiger partial charge in [0.15, 0.2) is 0 Å². The van der Waals surface area contributed by atoms with E-state index in [-0.39, 0.29) is 6.10 Å². The molecule has 0 radical (unpaired) electrons. The molecule has 1 saturated carbocycles. The average molecular weight is 257 g/mol. The zero-order valence-electron chi connectivity index (χ0n) is 10.6. The summed E-state index contributed by atoms with van der Waals surface area (Å²) in [6.45, 7) is 2.07. The lowest BCUT2D eigenvalue weighted by Crippen LogP contribution is -2.21. The van der Waals surface area contributed by atoms with Crippen LogP contribution in [0.2, 0.25) is 5.02 Å². The molecule has 0 aromatic carbocycles. The fraction of sp³-hybridized carbons (Fsp3) is 0.769. The Kier molecular flexibility index (Phi) is 4.10. The van der Waals surface area contributed by atoms with Crippen molar-refractivity contribution in [1.29, 1.82) is 0 Å². The van der Waals surface area contributed by atoms with Gasteiger partial charge in [0, 0.05) is 7.05 Å². The van der Waals surface area contributed by atoms with Crippen molar-refractivity contribution in [2.45, 2.75) is 51.6 Å². The first-order valence-corrected chi connectivity index (χ1v) is 6.88. The van der Waals surface area contributed by atoms with Gasteiger partial charge in [0.05, 0.1) is 22.5 Å². The quantitative estimate of drug-likeness (QED) is 0.903. The van der Waals surface area contributed by atoms with Crippen LogP contribution in [-0.2, 0) is 19.9 Å². The number of aromatic nitrogens is 2. The normalized spacial score (nSPS) is 25.2. The molecule has 2 atom stereocenters. The molecule has 0 amide bonds. The highest BCUT2D eigenvalue weighted by Crippen LogP contribution is 2.30. The Bertz CT molecular complexity index is 389. The van der Waals surface area contributed by atoms with Gasteiger partial charge in [-0.05, 0) is 38.0 Å². The minimum atomic E-state index is -0.119. The second-order valence-corrected chi connectivity index (χ2v) is 5.45. The van der Waals surface area contributed by atoms with E-state index in [1.165, 1.54) is 6.42 Å². The number of aliphatic hydroxyl groups is 1. The third-order valence-electron chi connectivity index (χ3n) is 3.74. The van der Waals surface area contributed by atoms with Crippen LogP contribution in [0.4, 0.5) is 0 Å². The number of hydrogen-bond acceptors (Lipinski definition) is 2. The van der Waals surface area contributed by atoms with Crippen molar-refractivity contribution in [2.24, 2.45) is 13.0 Å². The second-order valence-electron chi connectivity index (χ2n) is 5.08. The molecule has 1 fully saturated rings. The van der Waals surface area contributed by atoms with Crippen molar-refractivity contribution in [2.75, 3.05) is 0 Å². The van der Waals surface area contributed by atoms with Gasteiger partial charge in [0.25, 0.3) is 0 Å². The summed E-state index contributed by atoms with van der Waals surface area (Å²) in [7, 11) is 1.96. The van der Waals surface area contributed by atoms with Gasteiger partial charge >= 0.3 is 0 Å². The fourth-order valence-corrected chi connectivity index (χ4v) is 3.13. The van der Waals surface area contributed by atoms with E-state index in [4.69, 9.17) is 11.6 Å². The molecule has 1 aliphatic rings. The summed E-state index contributed by atoms with van der Waals surface area (Å²) in [5, 5.41) is 15.0. The molecule has 1 aliphatic carbocycles. The van der Waals surface area contributed by atoms with Crippen LogP contribution >= 0.6 is 11.6 Å². The molecule has 1 heterocycles. The molecular weight excluding hydrogens is 236 g/mol. The summed E-state index contributed by atoms with van der Waals surface area (Å²) >= 11 is 6.34. The van der Waals surface area contributed by atoms with E-state index in [1.54, 1.807) is 0 Å².